The highest BCUT2D eigenvalue weighted by atomic mass is 32.2. The second kappa shape index (κ2) is 8.06. The predicted octanol–water partition coefficient (Wildman–Crippen LogP) is 0.990. The van der Waals surface area contributed by atoms with E-state index in [1.165, 1.54) is 6.07 Å². The molecular weight excluding hydrogens is 422 g/mol. The van der Waals surface area contributed by atoms with Crippen molar-refractivity contribution in [1.29, 1.82) is 0 Å². The van der Waals surface area contributed by atoms with E-state index in [0.29, 0.717) is 48.0 Å². The number of anilines is 1. The molecule has 1 unspecified atom stereocenters. The lowest BCUT2D eigenvalue weighted by molar-refractivity contribution is 0.0633. The predicted molar refractivity (Wildman–Crippen MR) is 116 cm³/mol. The summed E-state index contributed by atoms with van der Waals surface area (Å²) >= 11 is 0. The van der Waals surface area contributed by atoms with Crippen LogP contribution in [0.4, 0.5) is 5.69 Å². The molecule has 1 atom stereocenters. The maximum absolute atomic E-state index is 12.9. The Kier molecular flexibility index (Phi) is 5.44. The fourth-order valence-corrected chi connectivity index (χ4v) is 4.76. The number of ether oxygens (including phenoxy) is 1. The number of fused-ring (bicyclic) bond motifs is 1. The van der Waals surface area contributed by atoms with E-state index in [4.69, 9.17) is 10.5 Å². The molecule has 2 aliphatic rings. The number of nitrogens with one attached hydrogen (secondary N) is 2. The summed E-state index contributed by atoms with van der Waals surface area (Å²) < 4.78 is 35.2. The number of amides is 1. The molecular formula is C20H23N5O5S. The van der Waals surface area contributed by atoms with Gasteiger partial charge >= 0.3 is 10.2 Å². The molecule has 3 heterocycles. The zero-order valence-electron chi connectivity index (χ0n) is 16.9. The molecule has 164 valence electrons. The first-order chi connectivity index (χ1) is 14.7. The van der Waals surface area contributed by atoms with Crippen LogP contribution in [-0.2, 0) is 10.2 Å². The van der Waals surface area contributed by atoms with Crippen molar-refractivity contribution < 1.29 is 17.9 Å². The second-order valence-electron chi connectivity index (χ2n) is 7.72. The Labute approximate surface area is 179 Å². The topological polar surface area (TPSA) is 147 Å². The van der Waals surface area contributed by atoms with E-state index in [1.54, 1.807) is 36.1 Å². The summed E-state index contributed by atoms with van der Waals surface area (Å²) in [4.78, 5) is 28.9. The number of aromatic nitrogens is 1. The van der Waals surface area contributed by atoms with Crippen molar-refractivity contribution >= 4 is 27.6 Å². The molecule has 0 bridgehead atoms. The number of nitrogens with zero attached hydrogens (tertiary/aromatic N) is 2. The Morgan fingerprint density at radius 1 is 1.35 bits per heavy atom. The fraction of sp³-hybridized carbons (Fsp3) is 0.350. The number of pyridine rings is 1. The van der Waals surface area contributed by atoms with Gasteiger partial charge in [0.25, 0.3) is 5.91 Å². The molecule has 4 N–H and O–H groups in total. The molecule has 2 aromatic rings. The third kappa shape index (κ3) is 4.55. The third-order valence-electron chi connectivity index (χ3n) is 5.25. The molecule has 0 saturated carbocycles. The van der Waals surface area contributed by atoms with Crippen LogP contribution in [0.5, 0.6) is 5.75 Å². The van der Waals surface area contributed by atoms with Gasteiger partial charge in [0.1, 0.15) is 5.75 Å². The lowest BCUT2D eigenvalue weighted by atomic mass is 9.98. The molecule has 11 heteroatoms. The van der Waals surface area contributed by atoms with Crippen molar-refractivity contribution in [2.45, 2.75) is 19.8 Å². The lowest BCUT2D eigenvalue weighted by Crippen LogP contribution is -2.42. The fourth-order valence-electron chi connectivity index (χ4n) is 3.92. The molecule has 10 nitrogen and oxygen atoms in total. The smallest absolute Gasteiger partial charge is 0.344 e. The number of nitrogens with two attached hydrogens (primary N) is 1. The highest BCUT2D eigenvalue weighted by molar-refractivity contribution is 7.91. The second-order valence-corrected chi connectivity index (χ2v) is 9.06. The van der Waals surface area contributed by atoms with Crippen molar-refractivity contribution in [3.05, 3.63) is 57.5 Å². The van der Waals surface area contributed by atoms with Gasteiger partial charge in [-0.2, -0.15) is 8.42 Å². The van der Waals surface area contributed by atoms with Crippen molar-refractivity contribution in [3.8, 4) is 5.75 Å². The van der Waals surface area contributed by atoms with Crippen molar-refractivity contribution in [3.63, 3.8) is 0 Å². The van der Waals surface area contributed by atoms with Gasteiger partial charge in [-0.15, -0.1) is 4.40 Å². The maximum atomic E-state index is 12.9. The van der Waals surface area contributed by atoms with E-state index in [2.05, 4.69) is 14.1 Å². The molecule has 2 aliphatic heterocycles. The minimum absolute atomic E-state index is 0.0788. The van der Waals surface area contributed by atoms with Gasteiger partial charge in [-0.3, -0.25) is 14.3 Å². The highest BCUT2D eigenvalue weighted by Gasteiger charge is 2.27. The summed E-state index contributed by atoms with van der Waals surface area (Å²) in [6, 6.07) is 7.94. The average molecular weight is 446 g/mol. The number of hydrogen-bond acceptors (Lipinski definition) is 6. The van der Waals surface area contributed by atoms with Crippen LogP contribution in [0.3, 0.4) is 0 Å². The van der Waals surface area contributed by atoms with E-state index in [1.807, 2.05) is 0 Å². The zero-order chi connectivity index (χ0) is 22.2. The molecule has 1 fully saturated rings. The molecule has 1 saturated heterocycles. The summed E-state index contributed by atoms with van der Waals surface area (Å²) in [6.45, 7) is 3.18. The highest BCUT2D eigenvalue weighted by Crippen LogP contribution is 2.31. The summed E-state index contributed by atoms with van der Waals surface area (Å²) in [5.41, 5.74) is 7.27. The van der Waals surface area contributed by atoms with E-state index < -0.39 is 10.2 Å². The first-order valence-corrected chi connectivity index (χ1v) is 11.3. The van der Waals surface area contributed by atoms with Crippen molar-refractivity contribution in [2.24, 2.45) is 16.0 Å². The Hall–Kier alpha value is -3.34. The van der Waals surface area contributed by atoms with E-state index >= 15 is 0 Å². The maximum Gasteiger partial charge on any atom is 0.344 e. The normalized spacial score (nSPS) is 19.7. The molecule has 1 aromatic carbocycles. The number of aromatic amines is 1. The van der Waals surface area contributed by atoms with Crippen LogP contribution >= 0.6 is 0 Å². The van der Waals surface area contributed by atoms with Gasteiger partial charge in [0.2, 0.25) is 5.56 Å². The third-order valence-corrected chi connectivity index (χ3v) is 6.16. The van der Waals surface area contributed by atoms with Crippen LogP contribution in [-0.4, -0.2) is 49.7 Å². The Morgan fingerprint density at radius 3 is 2.94 bits per heavy atom. The van der Waals surface area contributed by atoms with Gasteiger partial charge in [0, 0.05) is 36.3 Å². The molecule has 0 aliphatic carbocycles. The number of benzene rings is 1. The minimum Gasteiger partial charge on any atom is -0.492 e. The van der Waals surface area contributed by atoms with Gasteiger partial charge in [0.05, 0.1) is 17.9 Å². The Bertz CT molecular complexity index is 1220. The van der Waals surface area contributed by atoms with Crippen LogP contribution in [0, 0.1) is 12.8 Å². The standard InChI is InChI=1S/C20H23N5O5S/c1-12-8-14(9-17(26)22-12)20(27)25-7-3-4-13(10-25)11-30-16-6-2-5-15-18(16)19(21)24-31(28,29)23-15/h2,5-6,8-9,13,23H,3-4,7,10-11H2,1H3,(H2,21,24)(H,22,26). The van der Waals surface area contributed by atoms with Gasteiger partial charge < -0.3 is 20.4 Å². The molecule has 0 spiro atoms. The first kappa shape index (κ1) is 20.9. The quantitative estimate of drug-likeness (QED) is 0.639. The van der Waals surface area contributed by atoms with Crippen LogP contribution in [0.1, 0.15) is 34.5 Å². The van der Waals surface area contributed by atoms with Crippen LogP contribution in [0.2, 0.25) is 0 Å². The monoisotopic (exact) mass is 445 g/mol. The largest absolute Gasteiger partial charge is 0.492 e. The first-order valence-electron chi connectivity index (χ1n) is 9.86. The summed E-state index contributed by atoms with van der Waals surface area (Å²) in [7, 11) is -3.86. The SMILES string of the molecule is Cc1cc(C(=O)N2CCCC(COc3cccc4c3C(N)=NS(=O)(=O)N4)C2)cc(=O)[nH]1. The Balaban J connectivity index is 1.46. The summed E-state index contributed by atoms with van der Waals surface area (Å²) in [5.74, 6) is 0.196. The number of aryl methyl sites for hydroxylation is 1. The van der Waals surface area contributed by atoms with Gasteiger partial charge in [-0.05, 0) is 38.0 Å². The molecule has 1 amide bonds. The molecule has 4 rings (SSSR count). The van der Waals surface area contributed by atoms with Gasteiger partial charge in [-0.25, -0.2) is 0 Å². The van der Waals surface area contributed by atoms with E-state index in [0.717, 1.165) is 12.8 Å². The number of rotatable bonds is 4. The van der Waals surface area contributed by atoms with Crippen molar-refractivity contribution in [1.82, 2.24) is 9.88 Å². The van der Waals surface area contributed by atoms with Crippen molar-refractivity contribution in [2.75, 3.05) is 24.4 Å². The average Bonchev–Trinajstić information content (AvgIpc) is 2.70. The molecule has 31 heavy (non-hydrogen) atoms. The number of H-pyrrole nitrogens is 1. The van der Waals surface area contributed by atoms with Crippen LogP contribution in [0.15, 0.2) is 39.5 Å². The number of carbonyl (C=O) groups is 1. The number of amidine groups is 1. The van der Waals surface area contributed by atoms with Crippen LogP contribution in [0.25, 0.3) is 0 Å². The lowest BCUT2D eigenvalue weighted by Gasteiger charge is -2.33. The minimum atomic E-state index is -3.86. The van der Waals surface area contributed by atoms with E-state index in [-0.39, 0.29) is 23.2 Å². The number of hydrogen-bond donors (Lipinski definition) is 3. The summed E-state index contributed by atoms with van der Waals surface area (Å²) in [6.07, 6.45) is 1.70. The van der Waals surface area contributed by atoms with E-state index in [9.17, 15) is 18.0 Å². The molecule has 0 radical (unpaired) electrons. The summed E-state index contributed by atoms with van der Waals surface area (Å²) in [5, 5.41) is 0. The number of carbonyl (C=O) groups excluding carboxylic acids is 1. The number of piperidine rings is 1. The zero-order valence-corrected chi connectivity index (χ0v) is 17.7. The van der Waals surface area contributed by atoms with Gasteiger partial charge in [0.15, 0.2) is 5.84 Å². The molecule has 1 aromatic heterocycles. The van der Waals surface area contributed by atoms with Gasteiger partial charge in [-0.1, -0.05) is 6.07 Å². The Morgan fingerprint density at radius 2 is 2.16 bits per heavy atom. The number of likely N-dealkylation sites (tertiary alicyclic amines) is 1. The van der Waals surface area contributed by atoms with Crippen LogP contribution < -0.4 is 20.8 Å².